The fourth-order valence-electron chi connectivity index (χ4n) is 10.8. The van der Waals surface area contributed by atoms with Crippen LogP contribution in [0.15, 0.2) is 200 Å². The summed E-state index contributed by atoms with van der Waals surface area (Å²) in [7, 11) is 0. The van der Waals surface area contributed by atoms with Gasteiger partial charge in [0.2, 0.25) is 0 Å². The average Bonchev–Trinajstić information content (AvgIpc) is 3.89. The molecule has 0 unspecified atom stereocenters. The highest BCUT2D eigenvalue weighted by Gasteiger charge is 2.38. The summed E-state index contributed by atoms with van der Waals surface area (Å²) in [5, 5.41) is 2.62. The maximum atomic E-state index is 2.52. The van der Waals surface area contributed by atoms with E-state index in [9.17, 15) is 0 Å². The number of fused-ring (bicyclic) bond motifs is 9. The third-order valence-corrected chi connectivity index (χ3v) is 15.0. The summed E-state index contributed by atoms with van der Waals surface area (Å²) >= 11 is 1.87. The first-order chi connectivity index (χ1) is 30.3. The van der Waals surface area contributed by atoms with E-state index in [1.165, 1.54) is 98.1 Å². The van der Waals surface area contributed by atoms with Gasteiger partial charge in [0.25, 0.3) is 0 Å². The van der Waals surface area contributed by atoms with Crippen LogP contribution in [0.3, 0.4) is 0 Å². The highest BCUT2D eigenvalue weighted by atomic mass is 32.1. The molecule has 0 N–H and O–H groups in total. The molecule has 12 rings (SSSR count). The Kier molecular flexibility index (Phi) is 8.17. The zero-order chi connectivity index (χ0) is 41.7. The summed E-state index contributed by atoms with van der Waals surface area (Å²) in [6.07, 6.45) is 0. The van der Waals surface area contributed by atoms with E-state index in [4.69, 9.17) is 0 Å². The molecular formula is C60H45NS. The van der Waals surface area contributed by atoms with Gasteiger partial charge in [-0.05, 0) is 115 Å². The van der Waals surface area contributed by atoms with Gasteiger partial charge in [0.1, 0.15) is 0 Å². The lowest BCUT2D eigenvalue weighted by atomic mass is 9.82. The number of hydrogen-bond acceptors (Lipinski definition) is 2. The largest absolute Gasteiger partial charge is 0.309 e. The minimum Gasteiger partial charge on any atom is -0.309 e. The molecule has 0 saturated heterocycles. The molecule has 62 heavy (non-hydrogen) atoms. The molecule has 0 saturated carbocycles. The number of benzene rings is 9. The molecule has 296 valence electrons. The Morgan fingerprint density at radius 1 is 0.339 bits per heavy atom. The van der Waals surface area contributed by atoms with E-state index in [0.29, 0.717) is 0 Å². The smallest absolute Gasteiger partial charge is 0.0540 e. The van der Waals surface area contributed by atoms with Crippen LogP contribution < -0.4 is 4.90 Å². The van der Waals surface area contributed by atoms with Gasteiger partial charge < -0.3 is 4.90 Å². The Labute approximate surface area is 368 Å². The van der Waals surface area contributed by atoms with E-state index in [2.05, 4.69) is 233 Å². The first-order valence-electron chi connectivity index (χ1n) is 21.8. The van der Waals surface area contributed by atoms with Crippen LogP contribution in [0, 0.1) is 0 Å². The average molecular weight is 812 g/mol. The van der Waals surface area contributed by atoms with Crippen molar-refractivity contribution in [3.63, 3.8) is 0 Å². The Hall–Kier alpha value is -7.00. The van der Waals surface area contributed by atoms with Crippen LogP contribution in [-0.2, 0) is 10.8 Å². The zero-order valence-electron chi connectivity index (χ0n) is 35.4. The Bertz CT molecular complexity index is 3430. The Morgan fingerprint density at radius 2 is 0.887 bits per heavy atom. The van der Waals surface area contributed by atoms with E-state index >= 15 is 0 Å². The van der Waals surface area contributed by atoms with Crippen LogP contribution in [0.5, 0.6) is 0 Å². The van der Waals surface area contributed by atoms with Crippen molar-refractivity contribution in [1.29, 1.82) is 0 Å². The molecule has 0 atom stereocenters. The van der Waals surface area contributed by atoms with Crippen molar-refractivity contribution in [2.45, 2.75) is 38.5 Å². The summed E-state index contributed by atoms with van der Waals surface area (Å²) in [4.78, 5) is 2.52. The summed E-state index contributed by atoms with van der Waals surface area (Å²) in [5.74, 6) is 0. The molecule has 0 amide bonds. The van der Waals surface area contributed by atoms with Crippen molar-refractivity contribution in [3.8, 4) is 55.6 Å². The molecule has 0 aliphatic heterocycles. The molecular weight excluding hydrogens is 767 g/mol. The van der Waals surface area contributed by atoms with Crippen molar-refractivity contribution >= 4 is 48.6 Å². The molecule has 1 heterocycles. The predicted molar refractivity (Wildman–Crippen MR) is 265 cm³/mol. The first kappa shape index (κ1) is 36.8. The maximum Gasteiger partial charge on any atom is 0.0540 e. The highest BCUT2D eigenvalue weighted by molar-refractivity contribution is 7.25. The molecule has 0 fully saturated rings. The van der Waals surface area contributed by atoms with E-state index in [1.54, 1.807) is 0 Å². The van der Waals surface area contributed by atoms with Crippen LogP contribution in [-0.4, -0.2) is 0 Å². The van der Waals surface area contributed by atoms with Gasteiger partial charge in [0, 0.05) is 47.8 Å². The van der Waals surface area contributed by atoms with E-state index < -0.39 is 0 Å². The van der Waals surface area contributed by atoms with Crippen LogP contribution in [0.4, 0.5) is 17.1 Å². The number of rotatable bonds is 6. The van der Waals surface area contributed by atoms with Crippen LogP contribution in [0.2, 0.25) is 0 Å². The van der Waals surface area contributed by atoms with E-state index in [1.807, 2.05) is 11.3 Å². The molecule has 2 aliphatic rings. The van der Waals surface area contributed by atoms with Gasteiger partial charge in [0.15, 0.2) is 0 Å². The topological polar surface area (TPSA) is 3.24 Å². The summed E-state index contributed by atoms with van der Waals surface area (Å²) in [6, 6.07) is 74.9. The lowest BCUT2D eigenvalue weighted by Crippen LogP contribution is -2.15. The summed E-state index contributed by atoms with van der Waals surface area (Å²) in [5.41, 5.74) is 21.3. The van der Waals surface area contributed by atoms with Gasteiger partial charge in [0.05, 0.1) is 11.4 Å². The van der Waals surface area contributed by atoms with Crippen molar-refractivity contribution < 1.29 is 0 Å². The normalized spacial score (nSPS) is 14.1. The monoisotopic (exact) mass is 811 g/mol. The molecule has 2 heteroatoms. The van der Waals surface area contributed by atoms with Gasteiger partial charge in [-0.15, -0.1) is 11.3 Å². The number of hydrogen-bond donors (Lipinski definition) is 0. The van der Waals surface area contributed by atoms with Gasteiger partial charge in [-0.3, -0.25) is 0 Å². The lowest BCUT2D eigenvalue weighted by Gasteiger charge is -2.31. The van der Waals surface area contributed by atoms with E-state index in [-0.39, 0.29) is 10.8 Å². The predicted octanol–water partition coefficient (Wildman–Crippen LogP) is 17.1. The number of thiophene rings is 1. The van der Waals surface area contributed by atoms with Crippen molar-refractivity contribution in [2.75, 3.05) is 4.90 Å². The van der Waals surface area contributed by atoms with Gasteiger partial charge in [-0.2, -0.15) is 0 Å². The quantitative estimate of drug-likeness (QED) is 0.162. The van der Waals surface area contributed by atoms with Crippen LogP contribution in [0.1, 0.15) is 49.9 Å². The highest BCUT2D eigenvalue weighted by Crippen LogP contribution is 2.55. The summed E-state index contributed by atoms with van der Waals surface area (Å²) < 4.78 is 2.64. The van der Waals surface area contributed by atoms with Gasteiger partial charge >= 0.3 is 0 Å². The Balaban J connectivity index is 1.09. The van der Waals surface area contributed by atoms with Crippen molar-refractivity contribution in [1.82, 2.24) is 0 Å². The van der Waals surface area contributed by atoms with E-state index in [0.717, 1.165) is 17.1 Å². The SMILES string of the molecule is CC1(C)c2ccccc2-c2cc(-c3ccccc3N(c3cccc(-c4ccc5sc6ccccc6c5c4)c3)c3ccccc3-c3cccc4c3-c3ccccc3C4(C)C)ccc21. The fourth-order valence-corrected chi connectivity index (χ4v) is 11.9. The fraction of sp³-hybridized carbons (Fsp3) is 0.100. The maximum absolute atomic E-state index is 2.52. The van der Waals surface area contributed by atoms with Crippen LogP contribution in [0.25, 0.3) is 75.8 Å². The molecule has 0 bridgehead atoms. The number of anilines is 3. The zero-order valence-corrected chi connectivity index (χ0v) is 36.2. The third-order valence-electron chi connectivity index (χ3n) is 13.9. The molecule has 10 aromatic rings. The molecule has 0 radical (unpaired) electrons. The molecule has 0 spiro atoms. The summed E-state index contributed by atoms with van der Waals surface area (Å²) in [6.45, 7) is 9.45. The standard InChI is InChI=1S/C60H45NS/c1-59(2)50-25-10-5-20-43(50)48-37-40(31-33-52(48)59)42-19-7-12-28-54(42)61(41-18-15-17-38(35-41)39-32-34-57-49(36-39)45-22-9-14-30-56(45)62-57)55-29-13-8-21-44(55)46-24-16-27-53-58(46)47-23-6-11-26-51(47)60(53,3)4/h5-37H,1-4H3. The first-order valence-corrected chi connectivity index (χ1v) is 22.6. The minimum absolute atomic E-state index is 0.0587. The number of nitrogens with zero attached hydrogens (tertiary/aromatic N) is 1. The molecule has 9 aromatic carbocycles. The second-order valence-corrected chi connectivity index (χ2v) is 19.1. The molecule has 2 aliphatic carbocycles. The second kappa shape index (κ2) is 13.8. The molecule has 1 aromatic heterocycles. The third kappa shape index (κ3) is 5.46. The van der Waals surface area contributed by atoms with Gasteiger partial charge in [-0.25, -0.2) is 0 Å². The number of para-hydroxylation sites is 2. The lowest BCUT2D eigenvalue weighted by molar-refractivity contribution is 0.660. The van der Waals surface area contributed by atoms with Crippen LogP contribution >= 0.6 is 11.3 Å². The second-order valence-electron chi connectivity index (χ2n) is 18.1. The van der Waals surface area contributed by atoms with Crippen molar-refractivity contribution in [3.05, 3.63) is 222 Å². The van der Waals surface area contributed by atoms with Crippen molar-refractivity contribution in [2.24, 2.45) is 0 Å². The van der Waals surface area contributed by atoms with Gasteiger partial charge in [-0.1, -0.05) is 179 Å². The molecule has 1 nitrogen and oxygen atoms in total. The Morgan fingerprint density at radius 3 is 1.71 bits per heavy atom. The minimum atomic E-state index is -0.104.